The van der Waals surface area contributed by atoms with Gasteiger partial charge in [0.25, 0.3) is 5.56 Å². The third kappa shape index (κ3) is 4.04. The molecule has 1 aliphatic rings. The molecule has 1 aromatic carbocycles. The molecule has 1 aliphatic heterocycles. The molecule has 0 saturated heterocycles. The quantitative estimate of drug-likeness (QED) is 0.375. The largest absolute Gasteiger partial charge is 0.396 e. The summed E-state index contributed by atoms with van der Waals surface area (Å²) in [7, 11) is 0. The lowest BCUT2D eigenvalue weighted by Crippen LogP contribution is -2.23. The number of aliphatic hydroxyl groups is 1. The molecule has 33 heavy (non-hydrogen) atoms. The van der Waals surface area contributed by atoms with Gasteiger partial charge < -0.3 is 15.7 Å². The number of hydrogen-bond donors (Lipinski definition) is 3. The van der Waals surface area contributed by atoms with Gasteiger partial charge in [0.1, 0.15) is 5.39 Å². The minimum Gasteiger partial charge on any atom is -0.396 e. The van der Waals surface area contributed by atoms with Crippen molar-refractivity contribution in [2.75, 3.05) is 18.5 Å². The molecule has 0 aliphatic carbocycles. The van der Waals surface area contributed by atoms with Gasteiger partial charge in [0.05, 0.1) is 12.2 Å². The molecular weight excluding hydrogens is 418 g/mol. The second-order valence-electron chi connectivity index (χ2n) is 7.93. The average molecular weight is 444 g/mol. The molecular formula is C24H25N7O2. The normalized spacial score (nSPS) is 13.1. The van der Waals surface area contributed by atoms with Crippen LogP contribution in [0, 0.1) is 0 Å². The molecule has 0 bridgehead atoms. The lowest BCUT2D eigenvalue weighted by atomic mass is 10.0. The Morgan fingerprint density at radius 3 is 2.97 bits per heavy atom. The maximum Gasteiger partial charge on any atom is 0.278 e. The van der Waals surface area contributed by atoms with E-state index >= 15 is 0 Å². The van der Waals surface area contributed by atoms with Gasteiger partial charge in [-0.25, -0.2) is 14.3 Å². The molecule has 3 aromatic heterocycles. The molecule has 9 nitrogen and oxygen atoms in total. The van der Waals surface area contributed by atoms with Gasteiger partial charge in [-0.1, -0.05) is 12.1 Å². The summed E-state index contributed by atoms with van der Waals surface area (Å²) in [5.41, 5.74) is 5.25. The number of nitrogens with one attached hydrogen (secondary N) is 2. The third-order valence-corrected chi connectivity index (χ3v) is 5.74. The molecule has 0 atom stereocenters. The van der Waals surface area contributed by atoms with Crippen molar-refractivity contribution in [3.05, 3.63) is 82.6 Å². The van der Waals surface area contributed by atoms with Crippen LogP contribution in [0.3, 0.4) is 0 Å². The first kappa shape index (κ1) is 21.0. The highest BCUT2D eigenvalue weighted by Crippen LogP contribution is 2.23. The number of fused-ring (bicyclic) bond motifs is 2. The van der Waals surface area contributed by atoms with Gasteiger partial charge in [-0.3, -0.25) is 9.78 Å². The fourth-order valence-electron chi connectivity index (χ4n) is 4.17. The van der Waals surface area contributed by atoms with Crippen LogP contribution in [0.1, 0.15) is 16.8 Å². The first-order chi connectivity index (χ1) is 16.2. The predicted molar refractivity (Wildman–Crippen MR) is 127 cm³/mol. The molecule has 3 N–H and O–H groups in total. The van der Waals surface area contributed by atoms with Crippen molar-refractivity contribution in [2.24, 2.45) is 0 Å². The Morgan fingerprint density at radius 1 is 1.21 bits per heavy atom. The van der Waals surface area contributed by atoms with Gasteiger partial charge in [0, 0.05) is 43.3 Å². The lowest BCUT2D eigenvalue weighted by Gasteiger charge is -2.18. The van der Waals surface area contributed by atoms with E-state index in [1.54, 1.807) is 27.8 Å². The Balaban J connectivity index is 1.59. The number of aromatic nitrogens is 5. The van der Waals surface area contributed by atoms with E-state index in [0.29, 0.717) is 29.9 Å². The summed E-state index contributed by atoms with van der Waals surface area (Å²) in [6.45, 7) is 5.93. The van der Waals surface area contributed by atoms with Crippen molar-refractivity contribution in [3.63, 3.8) is 0 Å². The van der Waals surface area contributed by atoms with Crippen molar-refractivity contribution in [3.8, 4) is 5.69 Å². The van der Waals surface area contributed by atoms with Crippen molar-refractivity contribution in [1.29, 1.82) is 0 Å². The Hall–Kier alpha value is -3.82. The van der Waals surface area contributed by atoms with E-state index < -0.39 is 0 Å². The Morgan fingerprint density at radius 2 is 2.12 bits per heavy atom. The topological polar surface area (TPSA) is 110 Å². The van der Waals surface area contributed by atoms with Gasteiger partial charge >= 0.3 is 0 Å². The molecule has 168 valence electrons. The van der Waals surface area contributed by atoms with Gasteiger partial charge in [0.15, 0.2) is 5.65 Å². The number of benzene rings is 1. The fourth-order valence-corrected chi connectivity index (χ4v) is 4.17. The molecule has 0 radical (unpaired) electrons. The second kappa shape index (κ2) is 8.97. The van der Waals surface area contributed by atoms with E-state index in [1.165, 1.54) is 11.1 Å². The highest BCUT2D eigenvalue weighted by molar-refractivity contribution is 5.77. The van der Waals surface area contributed by atoms with Gasteiger partial charge in [-0.15, -0.1) is 6.58 Å². The molecule has 0 spiro atoms. The molecule has 0 fully saturated rings. The van der Waals surface area contributed by atoms with E-state index in [2.05, 4.69) is 39.3 Å². The summed E-state index contributed by atoms with van der Waals surface area (Å²) in [5, 5.41) is 16.4. The number of rotatable bonds is 7. The maximum atomic E-state index is 13.1. The highest BCUT2D eigenvalue weighted by atomic mass is 16.3. The summed E-state index contributed by atoms with van der Waals surface area (Å²) in [4.78, 5) is 26.5. The first-order valence-corrected chi connectivity index (χ1v) is 10.9. The number of allylic oxidation sites excluding steroid dienone is 1. The molecule has 4 aromatic rings. The van der Waals surface area contributed by atoms with Crippen LogP contribution in [0.5, 0.6) is 0 Å². The number of aliphatic hydroxyl groups excluding tert-OH is 1. The SMILES string of the molecule is C=CCn1c(=O)c2cnc(Nc3ccc4c(c3)CNCC4)nc2n1-c1ccnc(CCO)c1. The molecule has 0 amide bonds. The minimum absolute atomic E-state index is 0.00508. The standard InChI is InChI=1S/C24H25N7O2/c1-2-10-30-23(33)21-15-27-24(28-19-4-3-16-5-8-25-14-17(16)12-19)29-22(21)31(30)20-6-9-26-18(13-20)7-11-32/h2-4,6,9,12-13,15,25,32H,1,5,7-8,10-11,14H2,(H,27,28,29). The smallest absolute Gasteiger partial charge is 0.278 e. The van der Waals surface area contributed by atoms with Crippen LogP contribution in [0.2, 0.25) is 0 Å². The van der Waals surface area contributed by atoms with Gasteiger partial charge in [-0.2, -0.15) is 4.98 Å². The molecule has 5 rings (SSSR count). The predicted octanol–water partition coefficient (Wildman–Crippen LogP) is 2.09. The van der Waals surface area contributed by atoms with Crippen molar-refractivity contribution in [2.45, 2.75) is 25.9 Å². The monoisotopic (exact) mass is 443 g/mol. The van der Waals surface area contributed by atoms with E-state index in [4.69, 9.17) is 4.98 Å². The summed E-state index contributed by atoms with van der Waals surface area (Å²) >= 11 is 0. The molecule has 0 unspecified atom stereocenters. The van der Waals surface area contributed by atoms with Crippen molar-refractivity contribution >= 4 is 22.7 Å². The van der Waals surface area contributed by atoms with Crippen LogP contribution < -0.4 is 16.2 Å². The van der Waals surface area contributed by atoms with Crippen molar-refractivity contribution in [1.82, 2.24) is 29.6 Å². The Kier molecular flexibility index (Phi) is 5.72. The number of hydrogen-bond acceptors (Lipinski definition) is 7. The zero-order chi connectivity index (χ0) is 22.8. The van der Waals surface area contributed by atoms with E-state index in [0.717, 1.165) is 36.6 Å². The third-order valence-electron chi connectivity index (χ3n) is 5.74. The lowest BCUT2D eigenvalue weighted by molar-refractivity contribution is 0.298. The average Bonchev–Trinajstić information content (AvgIpc) is 3.10. The minimum atomic E-state index is -0.197. The van der Waals surface area contributed by atoms with E-state index in [1.807, 2.05) is 18.2 Å². The second-order valence-corrected chi connectivity index (χ2v) is 7.93. The van der Waals surface area contributed by atoms with Crippen LogP contribution >= 0.6 is 0 Å². The summed E-state index contributed by atoms with van der Waals surface area (Å²) in [6.07, 6.45) is 6.33. The molecule has 9 heteroatoms. The zero-order valence-corrected chi connectivity index (χ0v) is 18.2. The van der Waals surface area contributed by atoms with E-state index in [9.17, 15) is 9.90 Å². The summed E-state index contributed by atoms with van der Waals surface area (Å²) in [5.74, 6) is 0.403. The Labute approximate surface area is 190 Å². The summed E-state index contributed by atoms with van der Waals surface area (Å²) in [6, 6.07) is 9.92. The van der Waals surface area contributed by atoms with Crippen LogP contribution in [-0.4, -0.2) is 42.6 Å². The van der Waals surface area contributed by atoms with Crippen molar-refractivity contribution < 1.29 is 5.11 Å². The molecule has 0 saturated carbocycles. The van der Waals surface area contributed by atoms with Crippen LogP contribution in [0.15, 0.2) is 60.2 Å². The molecule has 4 heterocycles. The van der Waals surface area contributed by atoms with Crippen LogP contribution in [0.25, 0.3) is 16.7 Å². The fraction of sp³-hybridized carbons (Fsp3) is 0.250. The highest BCUT2D eigenvalue weighted by Gasteiger charge is 2.18. The van der Waals surface area contributed by atoms with Gasteiger partial charge in [-0.05, 0) is 48.4 Å². The van der Waals surface area contributed by atoms with Crippen LogP contribution in [0.4, 0.5) is 11.6 Å². The van der Waals surface area contributed by atoms with Crippen LogP contribution in [-0.2, 0) is 25.9 Å². The zero-order valence-electron chi connectivity index (χ0n) is 18.2. The first-order valence-electron chi connectivity index (χ1n) is 10.9. The summed E-state index contributed by atoms with van der Waals surface area (Å²) < 4.78 is 3.32. The Bertz CT molecular complexity index is 1390. The number of nitrogens with zero attached hydrogens (tertiary/aromatic N) is 5. The number of pyridine rings is 1. The number of anilines is 2. The van der Waals surface area contributed by atoms with E-state index in [-0.39, 0.29) is 12.2 Å². The maximum absolute atomic E-state index is 13.1. The van der Waals surface area contributed by atoms with Gasteiger partial charge in [0.2, 0.25) is 5.95 Å².